The number of nitrogen functional groups attached to an aromatic ring is 1. The average molecular weight is 322 g/mol. The second-order valence-electron chi connectivity index (χ2n) is 5.07. The summed E-state index contributed by atoms with van der Waals surface area (Å²) in [5, 5.41) is 0. The number of hydrogen-bond donors (Lipinski definition) is 2. The molecular formula is C18H18N4O2. The number of para-hydroxylation sites is 1. The number of H-pyrrole nitrogens is 1. The summed E-state index contributed by atoms with van der Waals surface area (Å²) >= 11 is 0. The molecule has 2 aromatic carbocycles. The van der Waals surface area contributed by atoms with Crippen LogP contribution in [0.1, 0.15) is 5.56 Å². The van der Waals surface area contributed by atoms with Crippen LogP contribution in [0.3, 0.4) is 0 Å². The molecule has 0 bridgehead atoms. The van der Waals surface area contributed by atoms with Gasteiger partial charge in [0.25, 0.3) is 0 Å². The lowest BCUT2D eigenvalue weighted by atomic mass is 10.1. The minimum Gasteiger partial charge on any atom is -0.497 e. The molecule has 0 aliphatic rings. The highest BCUT2D eigenvalue weighted by Gasteiger charge is 2.10. The van der Waals surface area contributed by atoms with Crippen LogP contribution in [0.15, 0.2) is 53.7 Å². The first-order valence-electron chi connectivity index (χ1n) is 7.37. The zero-order chi connectivity index (χ0) is 16.9. The van der Waals surface area contributed by atoms with Gasteiger partial charge in [0.2, 0.25) is 5.95 Å². The third-order valence-corrected chi connectivity index (χ3v) is 3.58. The topological polar surface area (TPSA) is 85.5 Å². The zero-order valence-electron chi connectivity index (χ0n) is 13.5. The summed E-state index contributed by atoms with van der Waals surface area (Å²) in [6.07, 6.45) is 3.39. The molecule has 0 radical (unpaired) electrons. The Bertz CT molecular complexity index is 871. The van der Waals surface area contributed by atoms with Crippen LogP contribution in [0.4, 0.5) is 11.6 Å². The van der Waals surface area contributed by atoms with E-state index in [9.17, 15) is 0 Å². The van der Waals surface area contributed by atoms with Gasteiger partial charge in [-0.3, -0.25) is 0 Å². The Balaban J connectivity index is 1.90. The Kier molecular flexibility index (Phi) is 4.47. The average Bonchev–Trinajstić information content (AvgIpc) is 3.09. The van der Waals surface area contributed by atoms with Crippen LogP contribution >= 0.6 is 0 Å². The first kappa shape index (κ1) is 15.6. The lowest BCUT2D eigenvalue weighted by molar-refractivity contribution is 0.404. The quantitative estimate of drug-likeness (QED) is 0.556. The fraction of sp³-hybridized carbons (Fsp3) is 0.111. The van der Waals surface area contributed by atoms with E-state index < -0.39 is 0 Å². The summed E-state index contributed by atoms with van der Waals surface area (Å²) in [6.45, 7) is 0. The van der Waals surface area contributed by atoms with Gasteiger partial charge >= 0.3 is 0 Å². The second kappa shape index (κ2) is 6.87. The van der Waals surface area contributed by atoms with Crippen LogP contribution in [0.25, 0.3) is 11.3 Å². The van der Waals surface area contributed by atoms with E-state index in [1.165, 1.54) is 0 Å². The Labute approximate surface area is 140 Å². The van der Waals surface area contributed by atoms with Crippen molar-refractivity contribution in [2.45, 2.75) is 0 Å². The maximum Gasteiger partial charge on any atom is 0.227 e. The Morgan fingerprint density at radius 1 is 1.12 bits per heavy atom. The number of methoxy groups -OCH3 is 2. The number of nitrogens with one attached hydrogen (secondary N) is 1. The highest BCUT2D eigenvalue weighted by molar-refractivity contribution is 5.88. The Morgan fingerprint density at radius 2 is 1.96 bits per heavy atom. The summed E-state index contributed by atoms with van der Waals surface area (Å²) in [5.41, 5.74) is 9.05. The first-order valence-corrected chi connectivity index (χ1v) is 7.37. The molecule has 0 aliphatic carbocycles. The van der Waals surface area contributed by atoms with Gasteiger partial charge < -0.3 is 20.2 Å². The van der Waals surface area contributed by atoms with Gasteiger partial charge in [0, 0.05) is 23.0 Å². The standard InChI is InChI=1S/C18H18N4O2/c1-23-13-7-8-17(24-2)14(9-13)16-11-21-18(22-16)20-10-12-5-3-4-6-15(12)19/h3-11H,19H2,1-2H3,(H,21,22). The van der Waals surface area contributed by atoms with Crippen molar-refractivity contribution in [1.82, 2.24) is 9.97 Å². The number of anilines is 1. The zero-order valence-corrected chi connectivity index (χ0v) is 13.5. The van der Waals surface area contributed by atoms with Gasteiger partial charge in [-0.15, -0.1) is 0 Å². The summed E-state index contributed by atoms with van der Waals surface area (Å²) in [6, 6.07) is 13.1. The van der Waals surface area contributed by atoms with Crippen LogP contribution in [0, 0.1) is 0 Å². The predicted molar refractivity (Wildman–Crippen MR) is 95.2 cm³/mol. The predicted octanol–water partition coefficient (Wildman–Crippen LogP) is 3.43. The van der Waals surface area contributed by atoms with Crippen LogP contribution in [-0.2, 0) is 0 Å². The number of benzene rings is 2. The Morgan fingerprint density at radius 3 is 2.71 bits per heavy atom. The number of imidazole rings is 1. The lowest BCUT2D eigenvalue weighted by Crippen LogP contribution is -1.91. The summed E-state index contributed by atoms with van der Waals surface area (Å²) in [5.74, 6) is 1.95. The molecule has 0 unspecified atom stereocenters. The largest absolute Gasteiger partial charge is 0.497 e. The van der Waals surface area contributed by atoms with Crippen molar-refractivity contribution in [2.24, 2.45) is 4.99 Å². The fourth-order valence-corrected chi connectivity index (χ4v) is 2.30. The molecule has 0 fully saturated rings. The molecular weight excluding hydrogens is 304 g/mol. The van der Waals surface area contributed by atoms with Gasteiger partial charge in [-0.25, -0.2) is 9.98 Å². The number of aromatic amines is 1. The molecule has 0 saturated heterocycles. The number of rotatable bonds is 5. The van der Waals surface area contributed by atoms with Gasteiger partial charge in [0.1, 0.15) is 11.5 Å². The van der Waals surface area contributed by atoms with Crippen LogP contribution < -0.4 is 15.2 Å². The van der Waals surface area contributed by atoms with Gasteiger partial charge in [-0.05, 0) is 24.3 Å². The number of aliphatic imine (C=N–C) groups is 1. The molecule has 6 nitrogen and oxygen atoms in total. The molecule has 24 heavy (non-hydrogen) atoms. The summed E-state index contributed by atoms with van der Waals surface area (Å²) in [4.78, 5) is 11.8. The highest BCUT2D eigenvalue weighted by atomic mass is 16.5. The van der Waals surface area contributed by atoms with Gasteiger partial charge in [-0.1, -0.05) is 18.2 Å². The normalized spacial score (nSPS) is 10.9. The summed E-state index contributed by atoms with van der Waals surface area (Å²) in [7, 11) is 3.25. The van der Waals surface area contributed by atoms with Crippen LogP contribution in [0.5, 0.6) is 11.5 Å². The number of hydrogen-bond acceptors (Lipinski definition) is 5. The third kappa shape index (κ3) is 3.22. The van der Waals surface area contributed by atoms with Gasteiger partial charge in [-0.2, -0.15) is 0 Å². The Hall–Kier alpha value is -3.28. The van der Waals surface area contributed by atoms with Crippen molar-refractivity contribution in [3.05, 3.63) is 54.2 Å². The molecule has 6 heteroatoms. The second-order valence-corrected chi connectivity index (χ2v) is 5.07. The van der Waals surface area contributed by atoms with Crippen molar-refractivity contribution in [1.29, 1.82) is 0 Å². The van der Waals surface area contributed by atoms with Crippen molar-refractivity contribution in [3.8, 4) is 22.8 Å². The smallest absolute Gasteiger partial charge is 0.227 e. The molecule has 3 aromatic rings. The molecule has 0 saturated carbocycles. The number of aromatic nitrogens is 2. The van der Waals surface area contributed by atoms with Crippen molar-refractivity contribution in [3.63, 3.8) is 0 Å². The minimum absolute atomic E-state index is 0.484. The molecule has 0 aliphatic heterocycles. The monoisotopic (exact) mass is 322 g/mol. The fourth-order valence-electron chi connectivity index (χ4n) is 2.30. The third-order valence-electron chi connectivity index (χ3n) is 3.58. The number of ether oxygens (including phenoxy) is 2. The SMILES string of the molecule is COc1ccc(OC)c(-c2cnc(N=Cc3ccccc3N)[nH]2)c1. The maximum absolute atomic E-state index is 5.90. The van der Waals surface area contributed by atoms with Gasteiger partial charge in [0.05, 0.1) is 26.1 Å². The number of nitrogens with two attached hydrogens (primary N) is 1. The molecule has 1 aromatic heterocycles. The maximum atomic E-state index is 5.90. The van der Waals surface area contributed by atoms with Crippen molar-refractivity contribution < 1.29 is 9.47 Å². The highest BCUT2D eigenvalue weighted by Crippen LogP contribution is 2.33. The molecule has 3 N–H and O–H groups in total. The van der Waals surface area contributed by atoms with Crippen LogP contribution in [-0.4, -0.2) is 30.4 Å². The van der Waals surface area contributed by atoms with E-state index in [0.717, 1.165) is 28.3 Å². The summed E-state index contributed by atoms with van der Waals surface area (Å²) < 4.78 is 10.7. The van der Waals surface area contributed by atoms with Crippen LogP contribution in [0.2, 0.25) is 0 Å². The molecule has 0 amide bonds. The minimum atomic E-state index is 0.484. The van der Waals surface area contributed by atoms with Crippen molar-refractivity contribution >= 4 is 17.9 Å². The lowest BCUT2D eigenvalue weighted by Gasteiger charge is -2.08. The molecule has 3 rings (SSSR count). The van der Waals surface area contributed by atoms with Crippen molar-refractivity contribution in [2.75, 3.05) is 20.0 Å². The molecule has 0 atom stereocenters. The van der Waals surface area contributed by atoms with E-state index in [1.807, 2.05) is 42.5 Å². The van der Waals surface area contributed by atoms with E-state index in [-0.39, 0.29) is 0 Å². The van der Waals surface area contributed by atoms with E-state index >= 15 is 0 Å². The van der Waals surface area contributed by atoms with E-state index in [0.29, 0.717) is 11.6 Å². The van der Waals surface area contributed by atoms with E-state index in [4.69, 9.17) is 15.2 Å². The molecule has 122 valence electrons. The van der Waals surface area contributed by atoms with E-state index in [2.05, 4.69) is 15.0 Å². The molecule has 0 spiro atoms. The van der Waals surface area contributed by atoms with E-state index in [1.54, 1.807) is 26.6 Å². The first-order chi connectivity index (χ1) is 11.7. The molecule has 1 heterocycles. The van der Waals surface area contributed by atoms with Gasteiger partial charge in [0.15, 0.2) is 0 Å². The number of nitrogens with zero attached hydrogens (tertiary/aromatic N) is 2.